The fourth-order valence-corrected chi connectivity index (χ4v) is 1.01. The standard InChI is InChI=1S/C10H16N4/c1-4-5-6-12-10(11)14-9(3)8(2)7-13-14/h5-7H,4H2,1-3H3,(H2,11,12)/b6-5+. The summed E-state index contributed by atoms with van der Waals surface area (Å²) in [6.07, 6.45) is 6.37. The molecule has 0 unspecified atom stereocenters. The van der Waals surface area contributed by atoms with E-state index in [1.165, 1.54) is 0 Å². The number of hydrogen-bond donors (Lipinski definition) is 1. The van der Waals surface area contributed by atoms with E-state index in [0.29, 0.717) is 5.96 Å². The first-order valence-corrected chi connectivity index (χ1v) is 4.66. The van der Waals surface area contributed by atoms with Crippen LogP contribution in [0.15, 0.2) is 23.5 Å². The van der Waals surface area contributed by atoms with Gasteiger partial charge in [-0.05, 0) is 25.8 Å². The summed E-state index contributed by atoms with van der Waals surface area (Å²) in [7, 11) is 0. The molecule has 0 aromatic carbocycles. The number of nitrogens with two attached hydrogens (primary N) is 1. The lowest BCUT2D eigenvalue weighted by atomic mass is 10.3. The fourth-order valence-electron chi connectivity index (χ4n) is 1.01. The van der Waals surface area contributed by atoms with Crippen LogP contribution in [0.1, 0.15) is 24.6 Å². The van der Waals surface area contributed by atoms with Crippen LogP contribution in [0.5, 0.6) is 0 Å². The van der Waals surface area contributed by atoms with Crippen LogP contribution in [0.2, 0.25) is 0 Å². The lowest BCUT2D eigenvalue weighted by Crippen LogP contribution is -2.24. The van der Waals surface area contributed by atoms with Crippen molar-refractivity contribution in [3.8, 4) is 0 Å². The van der Waals surface area contributed by atoms with Gasteiger partial charge in [0.05, 0.1) is 6.20 Å². The van der Waals surface area contributed by atoms with Crippen molar-refractivity contribution in [2.75, 3.05) is 0 Å². The molecule has 0 bridgehead atoms. The Morgan fingerprint density at radius 2 is 2.36 bits per heavy atom. The van der Waals surface area contributed by atoms with Gasteiger partial charge in [-0.15, -0.1) is 0 Å². The molecule has 0 radical (unpaired) electrons. The molecule has 4 nitrogen and oxygen atoms in total. The van der Waals surface area contributed by atoms with E-state index in [0.717, 1.165) is 17.7 Å². The van der Waals surface area contributed by atoms with Crippen molar-refractivity contribution in [2.45, 2.75) is 27.2 Å². The molecular weight excluding hydrogens is 176 g/mol. The number of aromatic nitrogens is 2. The van der Waals surface area contributed by atoms with Crippen molar-refractivity contribution in [3.05, 3.63) is 29.7 Å². The third-order valence-electron chi connectivity index (χ3n) is 2.02. The largest absolute Gasteiger partial charge is 0.368 e. The third-order valence-corrected chi connectivity index (χ3v) is 2.02. The van der Waals surface area contributed by atoms with Crippen molar-refractivity contribution in [2.24, 2.45) is 10.7 Å². The van der Waals surface area contributed by atoms with Crippen LogP contribution in [0.4, 0.5) is 0 Å². The molecule has 0 fully saturated rings. The summed E-state index contributed by atoms with van der Waals surface area (Å²) in [6, 6.07) is 0. The Morgan fingerprint density at radius 1 is 1.64 bits per heavy atom. The van der Waals surface area contributed by atoms with E-state index >= 15 is 0 Å². The lowest BCUT2D eigenvalue weighted by Gasteiger charge is -2.01. The highest BCUT2D eigenvalue weighted by molar-refractivity contribution is 5.80. The minimum absolute atomic E-state index is 0.403. The molecule has 1 aromatic heterocycles. The van der Waals surface area contributed by atoms with E-state index in [4.69, 9.17) is 5.73 Å². The number of aryl methyl sites for hydroxylation is 1. The Labute approximate surface area is 84.1 Å². The van der Waals surface area contributed by atoms with E-state index < -0.39 is 0 Å². The maximum atomic E-state index is 5.75. The normalized spacial score (nSPS) is 12.6. The Balaban J connectivity index is 2.89. The predicted octanol–water partition coefficient (Wildman–Crippen LogP) is 1.59. The van der Waals surface area contributed by atoms with Gasteiger partial charge in [0.1, 0.15) is 0 Å². The molecule has 0 aliphatic heterocycles. The summed E-state index contributed by atoms with van der Waals surface area (Å²) >= 11 is 0. The summed E-state index contributed by atoms with van der Waals surface area (Å²) in [4.78, 5) is 4.07. The number of aliphatic imine (C=N–C) groups is 1. The van der Waals surface area contributed by atoms with Gasteiger partial charge in [-0.2, -0.15) is 5.10 Å². The summed E-state index contributed by atoms with van der Waals surface area (Å²) in [5.41, 5.74) is 7.89. The van der Waals surface area contributed by atoms with Crippen molar-refractivity contribution >= 4 is 5.96 Å². The van der Waals surface area contributed by atoms with Crippen molar-refractivity contribution in [1.29, 1.82) is 0 Å². The molecule has 0 spiro atoms. The van der Waals surface area contributed by atoms with Crippen LogP contribution in [-0.4, -0.2) is 15.7 Å². The molecule has 1 aromatic rings. The Bertz CT molecular complexity index is 360. The first kappa shape index (κ1) is 10.5. The second-order valence-electron chi connectivity index (χ2n) is 3.11. The molecule has 0 amide bonds. The number of rotatable bonds is 2. The quantitative estimate of drug-likeness (QED) is 0.571. The minimum Gasteiger partial charge on any atom is -0.368 e. The first-order valence-electron chi connectivity index (χ1n) is 4.66. The molecule has 0 aliphatic rings. The van der Waals surface area contributed by atoms with Crippen LogP contribution in [0.3, 0.4) is 0 Å². The summed E-state index contributed by atoms with van der Waals surface area (Å²) in [6.45, 7) is 6.01. The van der Waals surface area contributed by atoms with Crippen LogP contribution < -0.4 is 5.73 Å². The highest BCUT2D eigenvalue weighted by Gasteiger charge is 2.03. The smallest absolute Gasteiger partial charge is 0.221 e. The molecule has 1 rings (SSSR count). The summed E-state index contributed by atoms with van der Waals surface area (Å²) in [5, 5.41) is 4.12. The van der Waals surface area contributed by atoms with Gasteiger partial charge in [0.25, 0.3) is 0 Å². The van der Waals surface area contributed by atoms with Crippen LogP contribution in [0, 0.1) is 13.8 Å². The zero-order valence-corrected chi connectivity index (χ0v) is 8.86. The molecule has 76 valence electrons. The maximum absolute atomic E-state index is 5.75. The Morgan fingerprint density at radius 3 is 2.86 bits per heavy atom. The molecule has 14 heavy (non-hydrogen) atoms. The van der Waals surface area contributed by atoms with E-state index in [-0.39, 0.29) is 0 Å². The fraction of sp³-hybridized carbons (Fsp3) is 0.400. The molecule has 0 atom stereocenters. The molecule has 0 aliphatic carbocycles. The zero-order valence-electron chi connectivity index (χ0n) is 8.86. The van der Waals surface area contributed by atoms with Crippen LogP contribution >= 0.6 is 0 Å². The second-order valence-corrected chi connectivity index (χ2v) is 3.11. The molecule has 4 heteroatoms. The average molecular weight is 192 g/mol. The topological polar surface area (TPSA) is 56.2 Å². The van der Waals surface area contributed by atoms with Gasteiger partial charge < -0.3 is 5.73 Å². The van der Waals surface area contributed by atoms with Gasteiger partial charge >= 0.3 is 0 Å². The van der Waals surface area contributed by atoms with Gasteiger partial charge in [0, 0.05) is 11.9 Å². The summed E-state index contributed by atoms with van der Waals surface area (Å²) < 4.78 is 1.63. The molecule has 0 saturated heterocycles. The second kappa shape index (κ2) is 4.60. The SMILES string of the molecule is CC/C=C/N=C(N)n1ncc(C)c1C. The third kappa shape index (κ3) is 2.22. The van der Waals surface area contributed by atoms with Crippen LogP contribution in [0.25, 0.3) is 0 Å². The number of hydrogen-bond acceptors (Lipinski definition) is 2. The van der Waals surface area contributed by atoms with Gasteiger partial charge in [0.2, 0.25) is 5.96 Å². The minimum atomic E-state index is 0.403. The Hall–Kier alpha value is -1.58. The van der Waals surface area contributed by atoms with Gasteiger partial charge in [-0.1, -0.05) is 13.0 Å². The van der Waals surface area contributed by atoms with Gasteiger partial charge in [-0.3, -0.25) is 0 Å². The average Bonchev–Trinajstić information content (AvgIpc) is 2.48. The number of allylic oxidation sites excluding steroid dienone is 1. The van der Waals surface area contributed by atoms with Crippen LogP contribution in [-0.2, 0) is 0 Å². The highest BCUT2D eigenvalue weighted by atomic mass is 15.3. The van der Waals surface area contributed by atoms with Gasteiger partial charge in [-0.25, -0.2) is 9.67 Å². The molecule has 1 heterocycles. The summed E-state index contributed by atoms with van der Waals surface area (Å²) in [5.74, 6) is 0.403. The van der Waals surface area contributed by atoms with Gasteiger partial charge in [0.15, 0.2) is 0 Å². The van der Waals surface area contributed by atoms with E-state index in [2.05, 4.69) is 10.1 Å². The maximum Gasteiger partial charge on any atom is 0.221 e. The molecular formula is C10H16N4. The van der Waals surface area contributed by atoms with E-state index in [9.17, 15) is 0 Å². The monoisotopic (exact) mass is 192 g/mol. The van der Waals surface area contributed by atoms with Crippen molar-refractivity contribution < 1.29 is 0 Å². The van der Waals surface area contributed by atoms with E-state index in [1.807, 2.05) is 26.8 Å². The number of nitrogens with zero attached hydrogens (tertiary/aromatic N) is 3. The van der Waals surface area contributed by atoms with Crippen molar-refractivity contribution in [3.63, 3.8) is 0 Å². The lowest BCUT2D eigenvalue weighted by molar-refractivity contribution is 0.883. The molecule has 0 saturated carbocycles. The molecule has 2 N–H and O–H groups in total. The first-order chi connectivity index (χ1) is 6.66. The highest BCUT2D eigenvalue weighted by Crippen LogP contribution is 2.03. The Kier molecular flexibility index (Phi) is 3.45. The zero-order chi connectivity index (χ0) is 10.6. The van der Waals surface area contributed by atoms with Crippen molar-refractivity contribution in [1.82, 2.24) is 9.78 Å². The van der Waals surface area contributed by atoms with E-state index in [1.54, 1.807) is 17.1 Å². The predicted molar refractivity (Wildman–Crippen MR) is 58.2 cm³/mol.